The number of rotatable bonds is 0. The second-order valence-corrected chi connectivity index (χ2v) is 4.27. The first-order chi connectivity index (χ1) is 8.15. The highest BCUT2D eigenvalue weighted by atomic mass is 16.5. The molecule has 0 radical (unpaired) electrons. The Hall–Kier alpha value is -2.10. The number of hydrogen-bond acceptors (Lipinski definition) is 3. The molecule has 3 rings (SSSR count). The highest BCUT2D eigenvalue weighted by Gasteiger charge is 2.53. The van der Waals surface area contributed by atoms with Crippen LogP contribution in [-0.2, 0) is 19.9 Å². The highest BCUT2D eigenvalue weighted by Crippen LogP contribution is 2.45. The van der Waals surface area contributed by atoms with Crippen molar-refractivity contribution in [3.8, 4) is 0 Å². The van der Waals surface area contributed by atoms with Crippen LogP contribution >= 0.6 is 0 Å². The predicted molar refractivity (Wildman–Crippen MR) is 61.4 cm³/mol. The van der Waals surface area contributed by atoms with E-state index in [-0.39, 0.29) is 18.1 Å². The normalized spacial score (nSPS) is 26.3. The van der Waals surface area contributed by atoms with E-state index in [1.54, 1.807) is 11.9 Å². The molecule has 1 spiro atoms. The van der Waals surface area contributed by atoms with Crippen molar-refractivity contribution in [2.75, 3.05) is 11.9 Å². The van der Waals surface area contributed by atoms with Gasteiger partial charge in [-0.2, -0.15) is 0 Å². The van der Waals surface area contributed by atoms with E-state index in [9.17, 15) is 9.59 Å². The Morgan fingerprint density at radius 1 is 1.29 bits per heavy atom. The van der Waals surface area contributed by atoms with E-state index in [1.807, 2.05) is 24.3 Å². The van der Waals surface area contributed by atoms with Crippen LogP contribution in [0.1, 0.15) is 12.0 Å². The number of fused-ring (bicyclic) bond motifs is 2. The fourth-order valence-electron chi connectivity index (χ4n) is 2.46. The molecule has 17 heavy (non-hydrogen) atoms. The Kier molecular flexibility index (Phi) is 1.90. The molecule has 0 bridgehead atoms. The minimum Gasteiger partial charge on any atom is -0.480 e. The maximum absolute atomic E-state index is 12.3. The molecule has 1 aromatic rings. The van der Waals surface area contributed by atoms with Crippen molar-refractivity contribution in [1.82, 2.24) is 0 Å². The van der Waals surface area contributed by atoms with E-state index in [2.05, 4.69) is 0 Å². The van der Waals surface area contributed by atoms with Crippen LogP contribution in [-0.4, -0.2) is 18.7 Å². The third-order valence-corrected chi connectivity index (χ3v) is 3.30. The Morgan fingerprint density at radius 3 is 2.82 bits per heavy atom. The number of ketones is 1. The molecule has 2 heterocycles. The van der Waals surface area contributed by atoms with Gasteiger partial charge in [0, 0.05) is 18.7 Å². The summed E-state index contributed by atoms with van der Waals surface area (Å²) in [7, 11) is 1.70. The lowest BCUT2D eigenvalue weighted by atomic mass is 9.88. The molecule has 1 atom stereocenters. The number of amides is 1. The van der Waals surface area contributed by atoms with Gasteiger partial charge < -0.3 is 9.64 Å². The number of likely N-dealkylation sites (N-methyl/N-ethyl adjacent to an activating group) is 1. The number of carbonyl (C=O) groups is 2. The summed E-state index contributed by atoms with van der Waals surface area (Å²) in [6.45, 7) is 0. The van der Waals surface area contributed by atoms with Crippen LogP contribution < -0.4 is 4.90 Å². The summed E-state index contributed by atoms with van der Waals surface area (Å²) < 4.78 is 5.51. The molecule has 86 valence electrons. The van der Waals surface area contributed by atoms with Gasteiger partial charge in [-0.15, -0.1) is 0 Å². The molecule has 0 saturated heterocycles. The third kappa shape index (κ3) is 1.18. The van der Waals surface area contributed by atoms with E-state index >= 15 is 0 Å². The minimum atomic E-state index is -1.14. The number of allylic oxidation sites excluding steroid dienone is 1. The Labute approximate surface area is 98.5 Å². The van der Waals surface area contributed by atoms with Gasteiger partial charge in [0.2, 0.25) is 5.60 Å². The summed E-state index contributed by atoms with van der Waals surface area (Å²) in [5.74, 6) is -0.272. The van der Waals surface area contributed by atoms with Crippen molar-refractivity contribution in [2.45, 2.75) is 12.0 Å². The molecule has 0 aliphatic carbocycles. The zero-order chi connectivity index (χ0) is 12.0. The first kappa shape index (κ1) is 10.1. The van der Waals surface area contributed by atoms with Crippen LogP contribution in [0, 0.1) is 0 Å². The number of anilines is 1. The SMILES string of the molecule is CN1C(=O)[C@@]2(CC(=O)C=CO2)c2ccccc21. The van der Waals surface area contributed by atoms with Crippen LogP contribution in [0.15, 0.2) is 36.6 Å². The lowest BCUT2D eigenvalue weighted by Crippen LogP contribution is -2.42. The smallest absolute Gasteiger partial charge is 0.276 e. The fraction of sp³-hybridized carbons (Fsp3) is 0.231. The fourth-order valence-corrected chi connectivity index (χ4v) is 2.46. The number of hydrogen-bond donors (Lipinski definition) is 0. The Balaban J connectivity index is 2.21. The molecule has 4 nitrogen and oxygen atoms in total. The van der Waals surface area contributed by atoms with Crippen LogP contribution in [0.25, 0.3) is 0 Å². The molecule has 0 N–H and O–H groups in total. The van der Waals surface area contributed by atoms with Crippen molar-refractivity contribution < 1.29 is 14.3 Å². The summed E-state index contributed by atoms with van der Waals surface area (Å²) in [5, 5.41) is 0. The van der Waals surface area contributed by atoms with Gasteiger partial charge in [0.15, 0.2) is 5.78 Å². The quantitative estimate of drug-likeness (QED) is 0.674. The maximum atomic E-state index is 12.3. The van der Waals surface area contributed by atoms with Gasteiger partial charge in [0.1, 0.15) is 0 Å². The molecule has 0 unspecified atom stereocenters. The molecule has 4 heteroatoms. The first-order valence-corrected chi connectivity index (χ1v) is 5.40. The summed E-state index contributed by atoms with van der Waals surface area (Å²) in [4.78, 5) is 25.4. The van der Waals surface area contributed by atoms with Crippen LogP contribution in [0.4, 0.5) is 5.69 Å². The summed E-state index contributed by atoms with van der Waals surface area (Å²) in [6.07, 6.45) is 2.75. The molecular formula is C13H11NO3. The number of nitrogens with zero attached hydrogens (tertiary/aromatic N) is 1. The van der Waals surface area contributed by atoms with Crippen LogP contribution in [0.2, 0.25) is 0 Å². The van der Waals surface area contributed by atoms with Crippen LogP contribution in [0.5, 0.6) is 0 Å². The van der Waals surface area contributed by atoms with E-state index in [0.717, 1.165) is 11.3 Å². The van der Waals surface area contributed by atoms with E-state index in [4.69, 9.17) is 4.74 Å². The number of para-hydroxylation sites is 1. The number of benzene rings is 1. The monoisotopic (exact) mass is 229 g/mol. The van der Waals surface area contributed by atoms with Gasteiger partial charge in [0.05, 0.1) is 18.4 Å². The second-order valence-electron chi connectivity index (χ2n) is 4.27. The largest absolute Gasteiger partial charge is 0.480 e. The second kappa shape index (κ2) is 3.20. The van der Waals surface area contributed by atoms with Crippen molar-refractivity contribution in [2.24, 2.45) is 0 Å². The van der Waals surface area contributed by atoms with Crippen molar-refractivity contribution in [3.63, 3.8) is 0 Å². The Bertz CT molecular complexity index is 549. The molecule has 0 saturated carbocycles. The van der Waals surface area contributed by atoms with Crippen molar-refractivity contribution in [1.29, 1.82) is 0 Å². The van der Waals surface area contributed by atoms with E-state index < -0.39 is 5.60 Å². The average Bonchev–Trinajstić information content (AvgIpc) is 2.54. The minimum absolute atomic E-state index is 0.0731. The van der Waals surface area contributed by atoms with Gasteiger partial charge in [-0.1, -0.05) is 18.2 Å². The van der Waals surface area contributed by atoms with Crippen molar-refractivity contribution >= 4 is 17.4 Å². The summed E-state index contributed by atoms with van der Waals surface area (Å²) in [6, 6.07) is 7.40. The number of carbonyl (C=O) groups excluding carboxylic acids is 2. The number of ether oxygens (including phenoxy) is 1. The topological polar surface area (TPSA) is 46.6 Å². The molecule has 2 aliphatic rings. The molecular weight excluding hydrogens is 218 g/mol. The maximum Gasteiger partial charge on any atom is 0.276 e. The van der Waals surface area contributed by atoms with Gasteiger partial charge in [0.25, 0.3) is 5.91 Å². The molecule has 1 amide bonds. The van der Waals surface area contributed by atoms with E-state index in [0.29, 0.717) is 0 Å². The predicted octanol–water partition coefficient (Wildman–Crippen LogP) is 1.36. The molecule has 1 aromatic carbocycles. The van der Waals surface area contributed by atoms with Gasteiger partial charge in [-0.05, 0) is 6.07 Å². The van der Waals surface area contributed by atoms with Gasteiger partial charge in [-0.3, -0.25) is 9.59 Å². The van der Waals surface area contributed by atoms with Gasteiger partial charge >= 0.3 is 0 Å². The third-order valence-electron chi connectivity index (χ3n) is 3.30. The van der Waals surface area contributed by atoms with Crippen LogP contribution in [0.3, 0.4) is 0 Å². The summed E-state index contributed by atoms with van der Waals surface area (Å²) >= 11 is 0. The molecule has 0 aromatic heterocycles. The lowest BCUT2D eigenvalue weighted by Gasteiger charge is -2.28. The molecule has 2 aliphatic heterocycles. The lowest BCUT2D eigenvalue weighted by molar-refractivity contribution is -0.143. The zero-order valence-electron chi connectivity index (χ0n) is 9.34. The van der Waals surface area contributed by atoms with Crippen molar-refractivity contribution in [3.05, 3.63) is 42.2 Å². The van der Waals surface area contributed by atoms with E-state index in [1.165, 1.54) is 12.3 Å². The molecule has 0 fully saturated rings. The van der Waals surface area contributed by atoms with Gasteiger partial charge in [-0.25, -0.2) is 0 Å². The average molecular weight is 229 g/mol. The first-order valence-electron chi connectivity index (χ1n) is 5.40. The summed E-state index contributed by atoms with van der Waals surface area (Å²) in [5.41, 5.74) is 0.433. The highest BCUT2D eigenvalue weighted by molar-refractivity contribution is 6.10. The Morgan fingerprint density at radius 2 is 2.06 bits per heavy atom. The standard InChI is InChI=1S/C13H11NO3/c1-14-11-5-3-2-4-10(11)13(12(14)16)8-9(15)6-7-17-13/h2-7H,8H2,1H3/t13-/m1/s1. The zero-order valence-corrected chi connectivity index (χ0v) is 9.34.